The number of carbonyl (C=O) groups is 1. The van der Waals surface area contributed by atoms with Crippen LogP contribution in [0.25, 0.3) is 6.08 Å². The van der Waals surface area contributed by atoms with E-state index >= 15 is 0 Å². The van der Waals surface area contributed by atoms with Gasteiger partial charge in [-0.2, -0.15) is 5.26 Å². The highest BCUT2D eigenvalue weighted by Crippen LogP contribution is 2.27. The number of amides is 1. The summed E-state index contributed by atoms with van der Waals surface area (Å²) in [6.45, 7) is 2.14. The van der Waals surface area contributed by atoms with Gasteiger partial charge in [-0.05, 0) is 66.6 Å². The van der Waals surface area contributed by atoms with E-state index in [0.717, 1.165) is 15.6 Å². The molecule has 0 bridgehead atoms. The Kier molecular flexibility index (Phi) is 7.75. The van der Waals surface area contributed by atoms with Gasteiger partial charge in [-0.25, -0.2) is 0 Å². The van der Waals surface area contributed by atoms with Gasteiger partial charge in [0.05, 0.1) is 0 Å². The van der Waals surface area contributed by atoms with Crippen LogP contribution in [-0.2, 0) is 11.4 Å². The average molecular weight is 516 g/mol. The first-order valence-electron chi connectivity index (χ1n) is 9.22. The highest BCUT2D eigenvalue weighted by Gasteiger charge is 2.13. The predicted octanol–water partition coefficient (Wildman–Crippen LogP) is 7.19. The van der Waals surface area contributed by atoms with Crippen LogP contribution in [0.5, 0.6) is 5.75 Å². The number of nitrogens with one attached hydrogen (secondary N) is 1. The van der Waals surface area contributed by atoms with Crippen LogP contribution in [0.4, 0.5) is 5.69 Å². The monoisotopic (exact) mass is 514 g/mol. The van der Waals surface area contributed by atoms with Gasteiger partial charge in [-0.3, -0.25) is 4.79 Å². The molecule has 0 heterocycles. The summed E-state index contributed by atoms with van der Waals surface area (Å²) < 4.78 is 6.72. The fraction of sp³-hybridized carbons (Fsp3) is 0.0833. The number of anilines is 1. The molecule has 0 unspecified atom stereocenters. The van der Waals surface area contributed by atoms with Gasteiger partial charge in [0.2, 0.25) is 0 Å². The molecule has 0 spiro atoms. The Bertz CT molecular complexity index is 1200. The number of ether oxygens (including phenoxy) is 1. The van der Waals surface area contributed by atoms with E-state index in [-0.39, 0.29) is 5.57 Å². The van der Waals surface area contributed by atoms with Gasteiger partial charge in [0.1, 0.15) is 24.0 Å². The molecule has 0 atom stereocenters. The number of hydrogen-bond acceptors (Lipinski definition) is 3. The summed E-state index contributed by atoms with van der Waals surface area (Å²) in [7, 11) is 0. The molecule has 156 valence electrons. The summed E-state index contributed by atoms with van der Waals surface area (Å²) in [6.07, 6.45) is 1.49. The number of hydrogen-bond donors (Lipinski definition) is 1. The molecule has 7 heteroatoms. The fourth-order valence-electron chi connectivity index (χ4n) is 2.77. The molecule has 1 N–H and O–H groups in total. The van der Waals surface area contributed by atoms with Gasteiger partial charge in [0, 0.05) is 25.8 Å². The van der Waals surface area contributed by atoms with Gasteiger partial charge < -0.3 is 10.1 Å². The summed E-state index contributed by atoms with van der Waals surface area (Å²) in [5.74, 6) is -0.00343. The SMILES string of the molecule is Cc1ccc(Cl)cc1NC(=O)/C(C#N)=C/c1cc(Br)ccc1OCc1cccc(Cl)c1. The quantitative estimate of drug-likeness (QED) is 0.279. The first-order chi connectivity index (χ1) is 14.9. The molecule has 0 aliphatic heterocycles. The Balaban J connectivity index is 1.85. The van der Waals surface area contributed by atoms with E-state index in [2.05, 4.69) is 21.2 Å². The molecule has 0 fully saturated rings. The van der Waals surface area contributed by atoms with Crippen molar-refractivity contribution in [2.75, 3.05) is 5.32 Å². The molecule has 0 radical (unpaired) electrons. The topological polar surface area (TPSA) is 62.1 Å². The molecule has 1 amide bonds. The van der Waals surface area contributed by atoms with Crippen molar-refractivity contribution in [1.82, 2.24) is 0 Å². The van der Waals surface area contributed by atoms with Crippen LogP contribution < -0.4 is 10.1 Å². The van der Waals surface area contributed by atoms with Crippen molar-refractivity contribution in [2.24, 2.45) is 0 Å². The first kappa shape index (κ1) is 22.9. The second kappa shape index (κ2) is 10.5. The molecule has 31 heavy (non-hydrogen) atoms. The fourth-order valence-corrected chi connectivity index (χ4v) is 3.54. The van der Waals surface area contributed by atoms with Gasteiger partial charge >= 0.3 is 0 Å². The Morgan fingerprint density at radius 3 is 2.65 bits per heavy atom. The van der Waals surface area contributed by atoms with Crippen LogP contribution in [0.1, 0.15) is 16.7 Å². The van der Waals surface area contributed by atoms with Gasteiger partial charge in [0.25, 0.3) is 5.91 Å². The molecule has 0 saturated carbocycles. The van der Waals surface area contributed by atoms with Gasteiger partial charge in [-0.15, -0.1) is 0 Å². The van der Waals surface area contributed by atoms with E-state index < -0.39 is 5.91 Å². The minimum absolute atomic E-state index is 0.0647. The van der Waals surface area contributed by atoms with Crippen LogP contribution >= 0.6 is 39.1 Å². The second-order valence-corrected chi connectivity index (χ2v) is 8.47. The van der Waals surface area contributed by atoms with Crippen LogP contribution in [0.15, 0.2) is 70.7 Å². The Morgan fingerprint density at radius 2 is 1.90 bits per heavy atom. The van der Waals surface area contributed by atoms with Crippen molar-refractivity contribution in [3.05, 3.63) is 97.4 Å². The lowest BCUT2D eigenvalue weighted by Crippen LogP contribution is -2.14. The largest absolute Gasteiger partial charge is 0.488 e. The summed E-state index contributed by atoms with van der Waals surface area (Å²) >= 11 is 15.5. The van der Waals surface area contributed by atoms with E-state index in [1.54, 1.807) is 36.4 Å². The summed E-state index contributed by atoms with van der Waals surface area (Å²) in [4.78, 5) is 12.7. The third-order valence-corrected chi connectivity index (χ3v) is 5.33. The number of nitrogens with zero attached hydrogens (tertiary/aromatic N) is 1. The van der Waals surface area contributed by atoms with Crippen LogP contribution in [-0.4, -0.2) is 5.91 Å². The third kappa shape index (κ3) is 6.35. The predicted molar refractivity (Wildman–Crippen MR) is 128 cm³/mol. The van der Waals surface area contributed by atoms with Crippen LogP contribution in [0, 0.1) is 18.3 Å². The highest BCUT2D eigenvalue weighted by atomic mass is 79.9. The first-order valence-corrected chi connectivity index (χ1v) is 10.8. The lowest BCUT2D eigenvalue weighted by molar-refractivity contribution is -0.112. The Labute approximate surface area is 199 Å². The normalized spacial score (nSPS) is 11.0. The standard InChI is InChI=1S/C24H17BrCl2N2O2/c1-15-5-7-21(27)12-22(15)29-24(30)18(13-28)10-17-11-19(25)6-8-23(17)31-14-16-3-2-4-20(26)9-16/h2-12H,14H2,1H3,(H,29,30)/b18-10+. The lowest BCUT2D eigenvalue weighted by atomic mass is 10.1. The lowest BCUT2D eigenvalue weighted by Gasteiger charge is -2.11. The van der Waals surface area contributed by atoms with Crippen molar-refractivity contribution >= 4 is 56.8 Å². The number of benzene rings is 3. The molecule has 0 aliphatic carbocycles. The number of nitriles is 1. The molecule has 4 nitrogen and oxygen atoms in total. The van der Waals surface area contributed by atoms with Gasteiger partial charge in [0.15, 0.2) is 0 Å². The number of rotatable bonds is 6. The van der Waals surface area contributed by atoms with Crippen molar-refractivity contribution in [2.45, 2.75) is 13.5 Å². The van der Waals surface area contributed by atoms with Crippen molar-refractivity contribution < 1.29 is 9.53 Å². The van der Waals surface area contributed by atoms with Gasteiger partial charge in [-0.1, -0.05) is 57.3 Å². The zero-order valence-corrected chi connectivity index (χ0v) is 19.6. The highest BCUT2D eigenvalue weighted by molar-refractivity contribution is 9.10. The van der Waals surface area contributed by atoms with E-state index in [1.807, 2.05) is 37.3 Å². The smallest absolute Gasteiger partial charge is 0.266 e. The van der Waals surface area contributed by atoms with E-state index in [4.69, 9.17) is 27.9 Å². The van der Waals surface area contributed by atoms with E-state index in [0.29, 0.717) is 33.7 Å². The molecule has 0 saturated heterocycles. The number of halogens is 3. The molecular formula is C24H17BrCl2N2O2. The van der Waals surface area contributed by atoms with Crippen LogP contribution in [0.2, 0.25) is 10.0 Å². The number of aryl methyl sites for hydroxylation is 1. The maximum Gasteiger partial charge on any atom is 0.266 e. The molecule has 3 rings (SSSR count). The average Bonchev–Trinajstić information content (AvgIpc) is 2.74. The zero-order valence-electron chi connectivity index (χ0n) is 16.5. The third-order valence-electron chi connectivity index (χ3n) is 4.37. The maximum absolute atomic E-state index is 12.7. The van der Waals surface area contributed by atoms with Crippen molar-refractivity contribution in [1.29, 1.82) is 5.26 Å². The molecule has 0 aliphatic rings. The summed E-state index contributed by atoms with van der Waals surface area (Å²) in [6, 6.07) is 19.9. The van der Waals surface area contributed by atoms with E-state index in [1.165, 1.54) is 6.08 Å². The Hall–Kier alpha value is -2.78. The minimum Gasteiger partial charge on any atom is -0.488 e. The number of carbonyl (C=O) groups excluding carboxylic acids is 1. The molecule has 0 aromatic heterocycles. The summed E-state index contributed by atoms with van der Waals surface area (Å²) in [5.41, 5.74) is 2.81. The summed E-state index contributed by atoms with van der Waals surface area (Å²) in [5, 5.41) is 13.4. The Morgan fingerprint density at radius 1 is 1.13 bits per heavy atom. The minimum atomic E-state index is -0.534. The molecule has 3 aromatic carbocycles. The van der Waals surface area contributed by atoms with E-state index in [9.17, 15) is 10.1 Å². The molecular weight excluding hydrogens is 499 g/mol. The maximum atomic E-state index is 12.7. The second-order valence-electron chi connectivity index (χ2n) is 6.68. The van der Waals surface area contributed by atoms with Crippen molar-refractivity contribution in [3.8, 4) is 11.8 Å². The zero-order chi connectivity index (χ0) is 22.4. The van der Waals surface area contributed by atoms with Crippen LogP contribution in [0.3, 0.4) is 0 Å². The van der Waals surface area contributed by atoms with Crippen molar-refractivity contribution in [3.63, 3.8) is 0 Å². The molecule has 3 aromatic rings.